The molecular weight excluding hydrogens is 548 g/mol. The van der Waals surface area contributed by atoms with E-state index in [1.807, 2.05) is 37.3 Å². The molecule has 0 bridgehead atoms. The Morgan fingerprint density at radius 1 is 0.977 bits per heavy atom. The van der Waals surface area contributed by atoms with Crippen LogP contribution in [0.2, 0.25) is 0 Å². The number of phenolic OH excluding ortho intramolecular Hbond substituents is 1. The number of aromatic hydroxyl groups is 1. The zero-order valence-corrected chi connectivity index (χ0v) is 24.6. The topological polar surface area (TPSA) is 109 Å². The van der Waals surface area contributed by atoms with Crippen LogP contribution in [0.4, 0.5) is 0 Å². The lowest BCUT2D eigenvalue weighted by Gasteiger charge is -2.29. The number of morpholine rings is 1. The van der Waals surface area contributed by atoms with Crippen LogP contribution in [0.25, 0.3) is 5.76 Å². The Kier molecular flexibility index (Phi) is 9.64. The van der Waals surface area contributed by atoms with Gasteiger partial charge in [-0.3, -0.25) is 14.5 Å². The summed E-state index contributed by atoms with van der Waals surface area (Å²) in [7, 11) is 0. The average molecular weight is 587 g/mol. The first kappa shape index (κ1) is 30.1. The lowest BCUT2D eigenvalue weighted by atomic mass is 9.93. The molecule has 9 heteroatoms. The van der Waals surface area contributed by atoms with E-state index >= 15 is 0 Å². The predicted octanol–water partition coefficient (Wildman–Crippen LogP) is 4.82. The molecule has 2 fully saturated rings. The van der Waals surface area contributed by atoms with Gasteiger partial charge in [0.25, 0.3) is 11.7 Å². The van der Waals surface area contributed by atoms with Crippen LogP contribution in [-0.2, 0) is 20.9 Å². The largest absolute Gasteiger partial charge is 0.507 e. The van der Waals surface area contributed by atoms with Gasteiger partial charge in [0.2, 0.25) is 0 Å². The van der Waals surface area contributed by atoms with Crippen LogP contribution >= 0.6 is 0 Å². The number of benzene rings is 3. The van der Waals surface area contributed by atoms with Gasteiger partial charge in [0.1, 0.15) is 18.1 Å². The highest BCUT2D eigenvalue weighted by Gasteiger charge is 2.46. The van der Waals surface area contributed by atoms with Gasteiger partial charge >= 0.3 is 0 Å². The molecule has 5 rings (SSSR count). The van der Waals surface area contributed by atoms with E-state index in [2.05, 4.69) is 4.90 Å². The minimum Gasteiger partial charge on any atom is -0.507 e. The Hall–Kier alpha value is -4.34. The highest BCUT2D eigenvalue weighted by atomic mass is 16.5. The molecule has 0 radical (unpaired) electrons. The summed E-state index contributed by atoms with van der Waals surface area (Å²) in [6, 6.07) is 19.0. The van der Waals surface area contributed by atoms with Crippen LogP contribution in [0.3, 0.4) is 0 Å². The molecule has 1 atom stereocenters. The van der Waals surface area contributed by atoms with Gasteiger partial charge in [-0.05, 0) is 67.3 Å². The smallest absolute Gasteiger partial charge is 0.295 e. The highest BCUT2D eigenvalue weighted by molar-refractivity contribution is 6.46. The molecule has 1 amide bonds. The summed E-state index contributed by atoms with van der Waals surface area (Å²) in [6.07, 6.45) is 0.645. The van der Waals surface area contributed by atoms with E-state index in [1.165, 1.54) is 11.0 Å². The third-order valence-corrected chi connectivity index (χ3v) is 7.82. The molecule has 0 spiro atoms. The fraction of sp³-hybridized carbons (Fsp3) is 0.353. The van der Waals surface area contributed by atoms with Crippen molar-refractivity contribution in [1.29, 1.82) is 0 Å². The van der Waals surface area contributed by atoms with Gasteiger partial charge in [0.15, 0.2) is 11.5 Å². The summed E-state index contributed by atoms with van der Waals surface area (Å²) in [5.74, 6) is -0.842. The number of rotatable bonds is 11. The maximum atomic E-state index is 13.6. The maximum Gasteiger partial charge on any atom is 0.295 e. The zero-order valence-electron chi connectivity index (χ0n) is 24.6. The second kappa shape index (κ2) is 13.8. The predicted molar refractivity (Wildman–Crippen MR) is 162 cm³/mol. The molecule has 0 aromatic heterocycles. The monoisotopic (exact) mass is 586 g/mol. The molecule has 3 aromatic rings. The summed E-state index contributed by atoms with van der Waals surface area (Å²) in [6.45, 7) is 8.41. The number of aliphatic hydroxyl groups excluding tert-OH is 1. The third kappa shape index (κ3) is 6.84. The van der Waals surface area contributed by atoms with Gasteiger partial charge in [-0.25, -0.2) is 0 Å². The van der Waals surface area contributed by atoms with Crippen LogP contribution in [0.5, 0.6) is 17.2 Å². The number of ketones is 1. The second-order valence-electron chi connectivity index (χ2n) is 10.7. The van der Waals surface area contributed by atoms with Gasteiger partial charge in [0.05, 0.1) is 31.4 Å². The molecule has 0 saturated carbocycles. The number of amides is 1. The number of aliphatic hydroxyl groups is 1. The van der Waals surface area contributed by atoms with E-state index in [1.54, 1.807) is 37.3 Å². The number of nitrogens with zero attached hydrogens (tertiary/aromatic N) is 2. The van der Waals surface area contributed by atoms with Crippen LogP contribution in [0, 0.1) is 6.92 Å². The molecular formula is C34H38N2O7. The number of hydrogen-bond donors (Lipinski definition) is 2. The van der Waals surface area contributed by atoms with E-state index in [9.17, 15) is 19.8 Å². The molecule has 226 valence electrons. The fourth-order valence-corrected chi connectivity index (χ4v) is 5.60. The van der Waals surface area contributed by atoms with Crippen molar-refractivity contribution in [2.24, 2.45) is 0 Å². The summed E-state index contributed by atoms with van der Waals surface area (Å²) < 4.78 is 17.0. The van der Waals surface area contributed by atoms with E-state index in [0.717, 1.165) is 25.2 Å². The number of hydrogen-bond acceptors (Lipinski definition) is 8. The first-order valence-electron chi connectivity index (χ1n) is 14.7. The molecule has 2 aliphatic heterocycles. The van der Waals surface area contributed by atoms with Crippen LogP contribution in [-0.4, -0.2) is 77.7 Å². The Morgan fingerprint density at radius 2 is 1.74 bits per heavy atom. The summed E-state index contributed by atoms with van der Waals surface area (Å²) in [5, 5.41) is 22.0. The van der Waals surface area contributed by atoms with Crippen LogP contribution in [0.1, 0.15) is 41.6 Å². The highest BCUT2D eigenvalue weighted by Crippen LogP contribution is 2.42. The van der Waals surface area contributed by atoms with Gasteiger partial charge in [-0.2, -0.15) is 0 Å². The van der Waals surface area contributed by atoms with Crippen molar-refractivity contribution in [3.8, 4) is 17.2 Å². The first-order valence-corrected chi connectivity index (χ1v) is 14.7. The number of phenols is 1. The normalized spacial score (nSPS) is 18.7. The zero-order chi connectivity index (χ0) is 30.3. The molecule has 9 nitrogen and oxygen atoms in total. The quantitative estimate of drug-likeness (QED) is 0.187. The van der Waals surface area contributed by atoms with Gasteiger partial charge in [-0.15, -0.1) is 0 Å². The van der Waals surface area contributed by atoms with Gasteiger partial charge < -0.3 is 29.3 Å². The number of aryl methyl sites for hydroxylation is 1. The molecule has 2 heterocycles. The minimum absolute atomic E-state index is 0.00515. The molecule has 3 aromatic carbocycles. The van der Waals surface area contributed by atoms with Gasteiger partial charge in [-0.1, -0.05) is 36.4 Å². The standard InChI is InChI=1S/C34H38N2O7/c1-3-42-29-21-25(10-13-28(29)37)31-30(33(39)34(40)36(31)15-7-14-35-16-18-41-19-17-35)32(38)27-12-11-26(20-23(27)2)43-22-24-8-5-4-6-9-24/h4-6,8-13,20-21,31,37-38H,3,7,14-19,22H2,1-2H3. The number of Topliss-reactive ketones (excluding diaryl/α,β-unsaturated/α-hetero) is 1. The van der Waals surface area contributed by atoms with Crippen LogP contribution in [0.15, 0.2) is 72.3 Å². The van der Waals surface area contributed by atoms with Crippen molar-refractivity contribution >= 4 is 17.4 Å². The number of ether oxygens (including phenoxy) is 3. The summed E-state index contributed by atoms with van der Waals surface area (Å²) in [4.78, 5) is 30.8. The number of likely N-dealkylation sites (tertiary alicyclic amines) is 1. The van der Waals surface area contributed by atoms with Crippen LogP contribution < -0.4 is 9.47 Å². The lowest BCUT2D eigenvalue weighted by Crippen LogP contribution is -2.38. The first-order chi connectivity index (χ1) is 20.9. The Bertz CT molecular complexity index is 1480. The molecule has 2 N–H and O–H groups in total. The van der Waals surface area contributed by atoms with E-state index in [0.29, 0.717) is 61.8 Å². The fourth-order valence-electron chi connectivity index (χ4n) is 5.60. The Balaban J connectivity index is 1.46. The van der Waals surface area contributed by atoms with Crippen molar-refractivity contribution < 1.29 is 34.0 Å². The Labute approximate surface area is 251 Å². The average Bonchev–Trinajstić information content (AvgIpc) is 3.27. The minimum atomic E-state index is -0.849. The Morgan fingerprint density at radius 3 is 2.47 bits per heavy atom. The molecule has 43 heavy (non-hydrogen) atoms. The lowest BCUT2D eigenvalue weighted by molar-refractivity contribution is -0.140. The molecule has 1 unspecified atom stereocenters. The number of carbonyl (C=O) groups excluding carboxylic acids is 2. The van der Waals surface area contributed by atoms with Gasteiger partial charge in [0, 0.05) is 31.7 Å². The van der Waals surface area contributed by atoms with Crippen molar-refractivity contribution in [1.82, 2.24) is 9.80 Å². The third-order valence-electron chi connectivity index (χ3n) is 7.82. The molecule has 2 aliphatic rings. The SMILES string of the molecule is CCOc1cc(C2C(=C(O)c3ccc(OCc4ccccc4)cc3C)C(=O)C(=O)N2CCCN2CCOCC2)ccc1O. The van der Waals surface area contributed by atoms with Crippen molar-refractivity contribution in [2.75, 3.05) is 46.0 Å². The second-order valence-corrected chi connectivity index (χ2v) is 10.7. The van der Waals surface area contributed by atoms with E-state index < -0.39 is 17.7 Å². The van der Waals surface area contributed by atoms with E-state index in [4.69, 9.17) is 14.2 Å². The molecule has 0 aliphatic carbocycles. The maximum absolute atomic E-state index is 13.6. The summed E-state index contributed by atoms with van der Waals surface area (Å²) in [5.41, 5.74) is 2.73. The van der Waals surface area contributed by atoms with E-state index in [-0.39, 0.29) is 22.8 Å². The summed E-state index contributed by atoms with van der Waals surface area (Å²) >= 11 is 0. The molecule has 2 saturated heterocycles. The number of carbonyl (C=O) groups is 2. The van der Waals surface area contributed by atoms with Crippen molar-refractivity contribution in [3.05, 3.63) is 94.6 Å². The van der Waals surface area contributed by atoms with Crippen molar-refractivity contribution in [2.45, 2.75) is 32.9 Å². The van der Waals surface area contributed by atoms with Crippen molar-refractivity contribution in [3.63, 3.8) is 0 Å².